The molecule has 0 aliphatic heterocycles. The van der Waals surface area contributed by atoms with E-state index in [-0.39, 0.29) is 6.04 Å². The third-order valence-corrected chi connectivity index (χ3v) is 2.53. The summed E-state index contributed by atoms with van der Waals surface area (Å²) in [5.41, 5.74) is 5.48. The van der Waals surface area contributed by atoms with Crippen LogP contribution in [0.1, 0.15) is 25.7 Å². The van der Waals surface area contributed by atoms with Crippen molar-refractivity contribution in [3.63, 3.8) is 0 Å². The van der Waals surface area contributed by atoms with Gasteiger partial charge in [-0.3, -0.25) is 0 Å². The van der Waals surface area contributed by atoms with Crippen LogP contribution in [0.25, 0.3) is 0 Å². The van der Waals surface area contributed by atoms with Gasteiger partial charge in [0.2, 0.25) is 0 Å². The molecule has 12 heavy (non-hydrogen) atoms. The molecule has 1 fully saturated rings. The average Bonchev–Trinajstić information content (AvgIpc) is 2.51. The Balaban J connectivity index is 2.37. The zero-order chi connectivity index (χ0) is 8.97. The van der Waals surface area contributed by atoms with E-state index in [1.165, 1.54) is 12.8 Å². The Hall–Kier alpha value is -0.770. The van der Waals surface area contributed by atoms with Gasteiger partial charge in [0.25, 0.3) is 0 Å². The quantitative estimate of drug-likeness (QED) is 0.588. The van der Waals surface area contributed by atoms with Crippen molar-refractivity contribution in [1.29, 1.82) is 0 Å². The molecule has 0 aromatic carbocycles. The lowest BCUT2D eigenvalue weighted by Crippen LogP contribution is -2.43. The summed E-state index contributed by atoms with van der Waals surface area (Å²) in [6.07, 6.45) is 3.69. The molecule has 0 spiro atoms. The van der Waals surface area contributed by atoms with Crippen LogP contribution < -0.4 is 11.1 Å². The number of amides is 1. The molecule has 0 saturated heterocycles. The molecule has 1 saturated carbocycles. The Labute approximate surface area is 72.1 Å². The fourth-order valence-electron chi connectivity index (χ4n) is 1.89. The van der Waals surface area contributed by atoms with Crippen molar-refractivity contribution in [2.75, 3.05) is 6.54 Å². The minimum absolute atomic E-state index is 0.0370. The van der Waals surface area contributed by atoms with Crippen LogP contribution in [0.4, 0.5) is 4.79 Å². The second-order valence-electron chi connectivity index (χ2n) is 3.34. The summed E-state index contributed by atoms with van der Waals surface area (Å²) in [7, 11) is 0. The lowest BCUT2D eigenvalue weighted by atomic mass is 9.98. The van der Waals surface area contributed by atoms with Crippen molar-refractivity contribution in [1.82, 2.24) is 5.32 Å². The SMILES string of the molecule is NCC(NC(=O)O)C1CCCC1. The second-order valence-corrected chi connectivity index (χ2v) is 3.34. The molecule has 1 amide bonds. The van der Waals surface area contributed by atoms with Crippen molar-refractivity contribution < 1.29 is 9.90 Å². The van der Waals surface area contributed by atoms with E-state index < -0.39 is 6.09 Å². The highest BCUT2D eigenvalue weighted by Crippen LogP contribution is 2.27. The van der Waals surface area contributed by atoms with Crippen LogP contribution in [0.2, 0.25) is 0 Å². The summed E-state index contributed by atoms with van der Waals surface area (Å²) < 4.78 is 0. The number of hydrogen-bond donors (Lipinski definition) is 3. The first-order valence-corrected chi connectivity index (χ1v) is 4.43. The first kappa shape index (κ1) is 9.32. The molecule has 4 N–H and O–H groups in total. The number of rotatable bonds is 3. The highest BCUT2D eigenvalue weighted by molar-refractivity contribution is 5.64. The molecule has 1 unspecified atom stereocenters. The molecule has 0 aromatic heterocycles. The van der Waals surface area contributed by atoms with E-state index in [2.05, 4.69) is 5.32 Å². The monoisotopic (exact) mass is 172 g/mol. The van der Waals surface area contributed by atoms with Crippen LogP contribution >= 0.6 is 0 Å². The van der Waals surface area contributed by atoms with Crippen molar-refractivity contribution in [2.24, 2.45) is 11.7 Å². The Morgan fingerprint density at radius 2 is 2.17 bits per heavy atom. The third-order valence-electron chi connectivity index (χ3n) is 2.53. The molecule has 4 nitrogen and oxygen atoms in total. The molecule has 4 heteroatoms. The molecule has 70 valence electrons. The molecule has 0 aromatic rings. The Morgan fingerprint density at radius 3 is 2.58 bits per heavy atom. The third kappa shape index (κ3) is 2.37. The first-order chi connectivity index (χ1) is 5.74. The van der Waals surface area contributed by atoms with Crippen LogP contribution in [0.3, 0.4) is 0 Å². The lowest BCUT2D eigenvalue weighted by Gasteiger charge is -2.21. The smallest absolute Gasteiger partial charge is 0.404 e. The molecule has 1 aliphatic carbocycles. The normalized spacial score (nSPS) is 20.8. The van der Waals surface area contributed by atoms with E-state index >= 15 is 0 Å². The van der Waals surface area contributed by atoms with Gasteiger partial charge in [-0.1, -0.05) is 12.8 Å². The Morgan fingerprint density at radius 1 is 1.58 bits per heavy atom. The summed E-state index contributed by atoms with van der Waals surface area (Å²) in [5.74, 6) is 0.464. The van der Waals surface area contributed by atoms with Gasteiger partial charge in [0.05, 0.1) is 0 Å². The van der Waals surface area contributed by atoms with Gasteiger partial charge >= 0.3 is 6.09 Å². The van der Waals surface area contributed by atoms with Crippen LogP contribution in [-0.2, 0) is 0 Å². The van der Waals surface area contributed by atoms with Crippen molar-refractivity contribution >= 4 is 6.09 Å². The molecular formula is C8H16N2O2. The van der Waals surface area contributed by atoms with Gasteiger partial charge in [-0.25, -0.2) is 4.79 Å². The molecule has 1 rings (SSSR count). The maximum atomic E-state index is 10.4. The minimum Gasteiger partial charge on any atom is -0.465 e. The van der Waals surface area contributed by atoms with Crippen molar-refractivity contribution in [3.8, 4) is 0 Å². The molecule has 1 atom stereocenters. The van der Waals surface area contributed by atoms with Gasteiger partial charge in [0.15, 0.2) is 0 Å². The van der Waals surface area contributed by atoms with Crippen LogP contribution in [0, 0.1) is 5.92 Å². The highest BCUT2D eigenvalue weighted by atomic mass is 16.4. The zero-order valence-electron chi connectivity index (χ0n) is 7.12. The standard InChI is InChI=1S/C8H16N2O2/c9-5-7(10-8(11)12)6-3-1-2-4-6/h6-7,10H,1-5,9H2,(H,11,12). The van der Waals surface area contributed by atoms with Gasteiger partial charge in [0, 0.05) is 12.6 Å². The van der Waals surface area contributed by atoms with E-state index in [1.807, 2.05) is 0 Å². The van der Waals surface area contributed by atoms with Crippen LogP contribution in [-0.4, -0.2) is 23.8 Å². The number of carboxylic acid groups (broad SMARTS) is 1. The predicted molar refractivity (Wildman–Crippen MR) is 46.0 cm³/mol. The Kier molecular flexibility index (Phi) is 3.34. The second kappa shape index (κ2) is 4.30. The summed E-state index contributed by atoms with van der Waals surface area (Å²) in [6, 6.07) is -0.0370. The number of carbonyl (C=O) groups is 1. The molecular weight excluding hydrogens is 156 g/mol. The summed E-state index contributed by atoms with van der Waals surface area (Å²) in [4.78, 5) is 10.4. The van der Waals surface area contributed by atoms with Gasteiger partial charge in [-0.15, -0.1) is 0 Å². The van der Waals surface area contributed by atoms with Gasteiger partial charge in [-0.05, 0) is 18.8 Å². The van der Waals surface area contributed by atoms with Crippen LogP contribution in [0.5, 0.6) is 0 Å². The summed E-state index contributed by atoms with van der Waals surface area (Å²) in [6.45, 7) is 0.414. The van der Waals surface area contributed by atoms with Gasteiger partial charge < -0.3 is 16.2 Å². The molecule has 0 radical (unpaired) electrons. The number of hydrogen-bond acceptors (Lipinski definition) is 2. The minimum atomic E-state index is -0.961. The lowest BCUT2D eigenvalue weighted by molar-refractivity contribution is 0.184. The van der Waals surface area contributed by atoms with Gasteiger partial charge in [0.1, 0.15) is 0 Å². The van der Waals surface area contributed by atoms with E-state index in [4.69, 9.17) is 10.8 Å². The topological polar surface area (TPSA) is 75.3 Å². The first-order valence-electron chi connectivity index (χ1n) is 4.43. The summed E-state index contributed by atoms with van der Waals surface area (Å²) >= 11 is 0. The van der Waals surface area contributed by atoms with Crippen LogP contribution in [0.15, 0.2) is 0 Å². The van der Waals surface area contributed by atoms with E-state index in [0.717, 1.165) is 12.8 Å². The number of nitrogens with two attached hydrogens (primary N) is 1. The predicted octanol–water partition coefficient (Wildman–Crippen LogP) is 0.771. The summed E-state index contributed by atoms with van der Waals surface area (Å²) in [5, 5.41) is 11.0. The fourth-order valence-corrected chi connectivity index (χ4v) is 1.89. The average molecular weight is 172 g/mol. The fraction of sp³-hybridized carbons (Fsp3) is 0.875. The van der Waals surface area contributed by atoms with E-state index in [0.29, 0.717) is 12.5 Å². The Bertz CT molecular complexity index is 155. The molecule has 0 bridgehead atoms. The van der Waals surface area contributed by atoms with E-state index in [9.17, 15) is 4.79 Å². The van der Waals surface area contributed by atoms with E-state index in [1.54, 1.807) is 0 Å². The largest absolute Gasteiger partial charge is 0.465 e. The van der Waals surface area contributed by atoms with Gasteiger partial charge in [-0.2, -0.15) is 0 Å². The molecule has 1 aliphatic rings. The van der Waals surface area contributed by atoms with Crippen molar-refractivity contribution in [2.45, 2.75) is 31.7 Å². The van der Waals surface area contributed by atoms with Crippen molar-refractivity contribution in [3.05, 3.63) is 0 Å². The highest BCUT2D eigenvalue weighted by Gasteiger charge is 2.24. The zero-order valence-corrected chi connectivity index (χ0v) is 7.12. The molecule has 0 heterocycles. The number of nitrogens with one attached hydrogen (secondary N) is 1. The maximum absolute atomic E-state index is 10.4. The maximum Gasteiger partial charge on any atom is 0.404 e.